The van der Waals surface area contributed by atoms with E-state index in [4.69, 9.17) is 4.74 Å². The second-order valence-electron chi connectivity index (χ2n) is 13.7. The standard InChI is InChI=1S/C38H46N6O6/c1-24(2)18-29-23-50-30-13-11-27(12-14-30)20-31(42-33(45)21-28-10-7-17-39-22-28)35(47)40-25(3)34(46)44-38(15-16-38)37(49)43-32(36(48)41-29)19-26-8-5-4-6-9-26/h4-14,17,22,24-25,29,31-32H,15-16,18-21,23H2,1-3H3,(H,40,47)(H,41,48)(H,42,45)(H,43,49)(H,44,46)/t25-,29+,31+,32-/m1/s1. The SMILES string of the molecule is CC(C)C[C@H]1COc2ccc(cc2)C[C@H](NC(=O)Cc2cccnc2)C(=O)N[C@H](C)C(=O)NC2(CC2)C(=O)N[C@H](Cc2ccccc2)C(=O)N1. The molecule has 12 heteroatoms. The van der Waals surface area contributed by atoms with E-state index in [1.807, 2.05) is 42.5 Å². The Morgan fingerprint density at radius 3 is 2.28 bits per heavy atom. The number of carbonyl (C=O) groups excluding carboxylic acids is 5. The largest absolute Gasteiger partial charge is 0.491 e. The highest BCUT2D eigenvalue weighted by molar-refractivity contribution is 5.99. The Morgan fingerprint density at radius 1 is 0.900 bits per heavy atom. The van der Waals surface area contributed by atoms with Crippen LogP contribution in [0.25, 0.3) is 0 Å². The van der Waals surface area contributed by atoms with Gasteiger partial charge in [0.25, 0.3) is 0 Å². The van der Waals surface area contributed by atoms with E-state index in [0.717, 1.165) is 11.1 Å². The van der Waals surface area contributed by atoms with E-state index in [1.165, 1.54) is 6.92 Å². The van der Waals surface area contributed by atoms with E-state index < -0.39 is 41.4 Å². The molecule has 3 aliphatic rings. The molecule has 3 heterocycles. The molecule has 2 bridgehead atoms. The zero-order chi connectivity index (χ0) is 35.7. The van der Waals surface area contributed by atoms with Gasteiger partial charge in [-0.1, -0.05) is 62.4 Å². The van der Waals surface area contributed by atoms with Crippen molar-refractivity contribution in [2.45, 2.75) is 89.0 Å². The molecule has 1 fully saturated rings. The van der Waals surface area contributed by atoms with Crippen molar-refractivity contribution >= 4 is 29.5 Å². The molecule has 5 amide bonds. The number of hydrogen-bond acceptors (Lipinski definition) is 7. The maximum Gasteiger partial charge on any atom is 0.246 e. The minimum Gasteiger partial charge on any atom is -0.491 e. The van der Waals surface area contributed by atoms with Crippen LogP contribution >= 0.6 is 0 Å². The van der Waals surface area contributed by atoms with Gasteiger partial charge < -0.3 is 31.3 Å². The molecule has 0 unspecified atom stereocenters. The van der Waals surface area contributed by atoms with Crippen LogP contribution in [0, 0.1) is 5.92 Å². The molecule has 4 atom stereocenters. The predicted molar refractivity (Wildman–Crippen MR) is 187 cm³/mol. The molecule has 2 aromatic carbocycles. The molecule has 2 aliphatic heterocycles. The summed E-state index contributed by atoms with van der Waals surface area (Å²) in [5, 5.41) is 14.4. The van der Waals surface area contributed by atoms with E-state index in [9.17, 15) is 24.0 Å². The third-order valence-electron chi connectivity index (χ3n) is 8.86. The summed E-state index contributed by atoms with van der Waals surface area (Å²) in [7, 11) is 0. The first-order chi connectivity index (χ1) is 24.0. The van der Waals surface area contributed by atoms with Gasteiger partial charge in [0.1, 0.15) is 36.0 Å². The molecule has 0 radical (unpaired) electrons. The van der Waals surface area contributed by atoms with Crippen molar-refractivity contribution in [1.82, 2.24) is 31.6 Å². The molecular formula is C38H46N6O6. The van der Waals surface area contributed by atoms with Crippen LogP contribution in [0.4, 0.5) is 0 Å². The lowest BCUT2D eigenvalue weighted by molar-refractivity contribution is -0.135. The molecule has 1 spiro atoms. The van der Waals surface area contributed by atoms with Crippen LogP contribution in [0.5, 0.6) is 5.75 Å². The van der Waals surface area contributed by atoms with Crippen LogP contribution in [0.3, 0.4) is 0 Å². The number of pyridine rings is 1. The molecule has 264 valence electrons. The van der Waals surface area contributed by atoms with Crippen LogP contribution < -0.4 is 31.3 Å². The van der Waals surface area contributed by atoms with Gasteiger partial charge in [0.2, 0.25) is 29.5 Å². The first kappa shape index (κ1) is 36.0. The Bertz CT molecular complexity index is 1650. The van der Waals surface area contributed by atoms with Crippen molar-refractivity contribution in [3.63, 3.8) is 0 Å². The molecule has 1 aromatic heterocycles. The van der Waals surface area contributed by atoms with Gasteiger partial charge in [0, 0.05) is 25.2 Å². The van der Waals surface area contributed by atoms with Crippen molar-refractivity contribution in [2.24, 2.45) is 5.92 Å². The van der Waals surface area contributed by atoms with Crippen molar-refractivity contribution in [3.8, 4) is 5.75 Å². The van der Waals surface area contributed by atoms with Gasteiger partial charge in [-0.25, -0.2) is 0 Å². The lowest BCUT2D eigenvalue weighted by Gasteiger charge is -2.27. The fourth-order valence-electron chi connectivity index (χ4n) is 5.95. The van der Waals surface area contributed by atoms with Crippen molar-refractivity contribution < 1.29 is 28.7 Å². The highest BCUT2D eigenvalue weighted by atomic mass is 16.5. The Hall–Kier alpha value is -5.26. The van der Waals surface area contributed by atoms with Gasteiger partial charge in [0.05, 0.1) is 12.5 Å². The molecule has 3 aromatic rings. The summed E-state index contributed by atoms with van der Waals surface area (Å²) in [5.41, 5.74) is 1.12. The third-order valence-corrected chi connectivity index (χ3v) is 8.86. The number of benzene rings is 2. The third kappa shape index (κ3) is 10.1. The molecule has 1 saturated carbocycles. The number of hydrogen-bond donors (Lipinski definition) is 5. The topological polar surface area (TPSA) is 168 Å². The number of fused-ring (bicyclic) bond motifs is 15. The van der Waals surface area contributed by atoms with Crippen LogP contribution in [0.2, 0.25) is 0 Å². The predicted octanol–water partition coefficient (Wildman–Crippen LogP) is 2.16. The smallest absolute Gasteiger partial charge is 0.246 e. The van der Waals surface area contributed by atoms with Crippen LogP contribution in [0.15, 0.2) is 79.1 Å². The van der Waals surface area contributed by atoms with Gasteiger partial charge in [-0.3, -0.25) is 29.0 Å². The fraction of sp³-hybridized carbons (Fsp3) is 0.421. The summed E-state index contributed by atoms with van der Waals surface area (Å²) in [5.74, 6) is -1.46. The zero-order valence-electron chi connectivity index (χ0n) is 28.7. The Balaban J connectivity index is 1.40. The average Bonchev–Trinajstić information content (AvgIpc) is 3.88. The monoisotopic (exact) mass is 682 g/mol. The molecule has 5 N–H and O–H groups in total. The average molecular weight is 683 g/mol. The number of nitrogens with zero attached hydrogens (tertiary/aromatic N) is 1. The highest BCUT2D eigenvalue weighted by Crippen LogP contribution is 2.36. The van der Waals surface area contributed by atoms with E-state index in [-0.39, 0.29) is 49.6 Å². The summed E-state index contributed by atoms with van der Waals surface area (Å²) in [6, 6.07) is 16.8. The van der Waals surface area contributed by atoms with Crippen molar-refractivity contribution in [3.05, 3.63) is 95.8 Å². The lowest BCUT2D eigenvalue weighted by Crippen LogP contribution is -2.60. The Labute approximate surface area is 292 Å². The molecular weight excluding hydrogens is 636 g/mol. The minimum atomic E-state index is -1.20. The minimum absolute atomic E-state index is 0.0252. The van der Waals surface area contributed by atoms with Crippen molar-refractivity contribution in [1.29, 1.82) is 0 Å². The van der Waals surface area contributed by atoms with Crippen molar-refractivity contribution in [2.75, 3.05) is 6.61 Å². The number of nitrogens with one attached hydrogen (secondary N) is 5. The maximum absolute atomic E-state index is 13.8. The molecule has 0 saturated heterocycles. The van der Waals surface area contributed by atoms with Gasteiger partial charge >= 0.3 is 0 Å². The van der Waals surface area contributed by atoms with E-state index in [2.05, 4.69) is 45.4 Å². The summed E-state index contributed by atoms with van der Waals surface area (Å²) in [6.45, 7) is 5.84. The zero-order valence-corrected chi connectivity index (χ0v) is 28.7. The number of aromatic nitrogens is 1. The fourth-order valence-corrected chi connectivity index (χ4v) is 5.95. The van der Waals surface area contributed by atoms with E-state index >= 15 is 0 Å². The lowest BCUT2D eigenvalue weighted by atomic mass is 10.0. The number of amides is 5. The van der Waals surface area contributed by atoms with Gasteiger partial charge in [-0.05, 0) is 67.0 Å². The normalized spacial score (nSPS) is 22.8. The van der Waals surface area contributed by atoms with Crippen LogP contribution in [-0.4, -0.2) is 70.8 Å². The summed E-state index contributed by atoms with van der Waals surface area (Å²) in [6.07, 6.45) is 5.04. The molecule has 1 aliphatic carbocycles. The Morgan fingerprint density at radius 2 is 1.62 bits per heavy atom. The quantitative estimate of drug-likeness (QED) is 0.238. The second-order valence-corrected chi connectivity index (χ2v) is 13.7. The molecule has 6 rings (SSSR count). The number of carbonyl (C=O) groups is 5. The van der Waals surface area contributed by atoms with E-state index in [0.29, 0.717) is 30.6 Å². The summed E-state index contributed by atoms with van der Waals surface area (Å²) in [4.78, 5) is 71.6. The molecule has 12 nitrogen and oxygen atoms in total. The van der Waals surface area contributed by atoms with Crippen LogP contribution in [0.1, 0.15) is 56.7 Å². The summed E-state index contributed by atoms with van der Waals surface area (Å²) < 4.78 is 6.12. The highest BCUT2D eigenvalue weighted by Gasteiger charge is 2.52. The number of ether oxygens (including phenoxy) is 1. The molecule has 50 heavy (non-hydrogen) atoms. The second kappa shape index (κ2) is 16.4. The first-order valence-corrected chi connectivity index (χ1v) is 17.2. The van der Waals surface area contributed by atoms with Crippen LogP contribution in [-0.2, 0) is 43.2 Å². The van der Waals surface area contributed by atoms with Gasteiger partial charge in [-0.15, -0.1) is 0 Å². The summed E-state index contributed by atoms with van der Waals surface area (Å²) >= 11 is 0. The first-order valence-electron chi connectivity index (χ1n) is 17.2. The van der Waals surface area contributed by atoms with Gasteiger partial charge in [-0.2, -0.15) is 0 Å². The van der Waals surface area contributed by atoms with E-state index in [1.54, 1.807) is 36.7 Å². The Kier molecular flexibility index (Phi) is 11.8. The van der Waals surface area contributed by atoms with Gasteiger partial charge in [0.15, 0.2) is 0 Å². The maximum atomic E-state index is 13.8. The number of rotatable bonds is 7.